The summed E-state index contributed by atoms with van der Waals surface area (Å²) in [6.45, 7) is 2.98. The number of rotatable bonds is 5. The molecule has 27 heavy (non-hydrogen) atoms. The molecule has 3 aliphatic heterocycles. The maximum absolute atomic E-state index is 14.3. The highest BCUT2D eigenvalue weighted by atomic mass is 19.1. The van der Waals surface area contributed by atoms with Gasteiger partial charge in [0.05, 0.1) is 18.4 Å². The van der Waals surface area contributed by atoms with Crippen molar-refractivity contribution in [2.24, 2.45) is 11.8 Å². The first-order chi connectivity index (χ1) is 13.1. The van der Waals surface area contributed by atoms with Gasteiger partial charge in [0.25, 0.3) is 0 Å². The largest absolute Gasteiger partial charge is 0.301 e. The molecule has 3 saturated heterocycles. The highest BCUT2D eigenvalue weighted by molar-refractivity contribution is 4.92. The molecule has 0 aromatic rings. The molecule has 4 fully saturated rings. The van der Waals surface area contributed by atoms with E-state index in [1.807, 2.05) is 0 Å². The van der Waals surface area contributed by atoms with Crippen molar-refractivity contribution in [1.29, 1.82) is 0 Å². The maximum atomic E-state index is 14.3. The molecule has 0 aromatic heterocycles. The summed E-state index contributed by atoms with van der Waals surface area (Å²) in [7, 11) is 4.26. The van der Waals surface area contributed by atoms with Crippen LogP contribution in [0, 0.1) is 11.8 Å². The van der Waals surface area contributed by atoms with E-state index in [-0.39, 0.29) is 18.3 Å². The second-order valence-electron chi connectivity index (χ2n) is 9.29. The van der Waals surface area contributed by atoms with Crippen LogP contribution in [0.3, 0.4) is 0 Å². The zero-order chi connectivity index (χ0) is 18.8. The highest BCUT2D eigenvalue weighted by Gasteiger charge is 2.41. The molecule has 0 bridgehead atoms. The van der Waals surface area contributed by atoms with Gasteiger partial charge in [0, 0.05) is 24.9 Å². The van der Waals surface area contributed by atoms with Gasteiger partial charge in [0.1, 0.15) is 12.4 Å². The predicted molar refractivity (Wildman–Crippen MR) is 105 cm³/mol. The number of hydroxylamine groups is 1. The topological polar surface area (TPSA) is 51.8 Å². The van der Waals surface area contributed by atoms with Gasteiger partial charge in [-0.25, -0.2) is 4.39 Å². The molecule has 7 atom stereocenters. The van der Waals surface area contributed by atoms with Crippen LogP contribution in [0.2, 0.25) is 0 Å². The van der Waals surface area contributed by atoms with Crippen molar-refractivity contribution in [2.75, 3.05) is 33.7 Å². The fourth-order valence-corrected chi connectivity index (χ4v) is 5.49. The van der Waals surface area contributed by atoms with Crippen molar-refractivity contribution < 1.29 is 9.23 Å². The van der Waals surface area contributed by atoms with Crippen LogP contribution < -0.4 is 16.1 Å². The van der Waals surface area contributed by atoms with Crippen molar-refractivity contribution in [3.05, 3.63) is 0 Å². The fraction of sp³-hybridized carbons (Fsp3) is 1.00. The normalized spacial score (nSPS) is 44.2. The lowest BCUT2D eigenvalue weighted by Crippen LogP contribution is -2.54. The van der Waals surface area contributed by atoms with Crippen molar-refractivity contribution in [3.8, 4) is 0 Å². The van der Waals surface area contributed by atoms with E-state index in [1.165, 1.54) is 19.3 Å². The predicted octanol–water partition coefficient (Wildman–Crippen LogP) is 1.64. The smallest absolute Gasteiger partial charge is 0.146 e. The summed E-state index contributed by atoms with van der Waals surface area (Å²) < 4.78 is 14.3. The molecule has 156 valence electrons. The molecule has 7 heteroatoms. The number of likely N-dealkylation sites (tertiary alicyclic amines) is 1. The number of nitrogens with one attached hydrogen (secondary N) is 3. The fourth-order valence-electron chi connectivity index (χ4n) is 5.49. The first-order valence-corrected chi connectivity index (χ1v) is 11.1. The lowest BCUT2D eigenvalue weighted by molar-refractivity contribution is -0.0300. The van der Waals surface area contributed by atoms with Gasteiger partial charge < -0.3 is 5.32 Å². The summed E-state index contributed by atoms with van der Waals surface area (Å²) in [5.41, 5.74) is 3.26. The average Bonchev–Trinajstić information content (AvgIpc) is 3.33. The van der Waals surface area contributed by atoms with Crippen LogP contribution >= 0.6 is 0 Å². The monoisotopic (exact) mass is 383 g/mol. The van der Waals surface area contributed by atoms with E-state index < -0.39 is 6.17 Å². The number of nitrogens with zero attached hydrogens (tertiary/aromatic N) is 2. The number of alkyl halides is 1. The van der Waals surface area contributed by atoms with Gasteiger partial charge in [-0.3, -0.25) is 20.0 Å². The van der Waals surface area contributed by atoms with E-state index in [2.05, 4.69) is 40.0 Å². The standard InChI is InChI=1S/C20H38FN5O/c1-25(2)18-10-9-14(12-22-18)19-23-20(27-24-19)17-8-5-11-26(17)13-15-6-3-4-7-16(15)21/h14-20,22-24H,3-13H2,1-2H3. The molecule has 0 radical (unpaired) electrons. The van der Waals surface area contributed by atoms with E-state index in [0.29, 0.717) is 18.1 Å². The summed E-state index contributed by atoms with van der Waals surface area (Å²) in [4.78, 5) is 10.7. The van der Waals surface area contributed by atoms with Crippen LogP contribution in [0.15, 0.2) is 0 Å². The molecule has 0 amide bonds. The molecule has 7 unspecified atom stereocenters. The van der Waals surface area contributed by atoms with Crippen LogP contribution in [-0.2, 0) is 4.84 Å². The molecule has 1 saturated carbocycles. The molecular formula is C20H38FN5O. The van der Waals surface area contributed by atoms with Gasteiger partial charge in [-0.2, -0.15) is 5.48 Å². The van der Waals surface area contributed by atoms with Crippen LogP contribution in [0.1, 0.15) is 51.4 Å². The maximum Gasteiger partial charge on any atom is 0.146 e. The number of hydrogen-bond donors (Lipinski definition) is 3. The number of piperidine rings is 1. The second-order valence-corrected chi connectivity index (χ2v) is 9.29. The Kier molecular flexibility index (Phi) is 6.67. The van der Waals surface area contributed by atoms with Gasteiger partial charge in [0.2, 0.25) is 0 Å². The van der Waals surface area contributed by atoms with E-state index in [9.17, 15) is 4.39 Å². The van der Waals surface area contributed by atoms with Gasteiger partial charge in [-0.1, -0.05) is 12.8 Å². The first kappa shape index (κ1) is 20.0. The quantitative estimate of drug-likeness (QED) is 0.671. The second kappa shape index (κ2) is 9.01. The Labute approximate surface area is 163 Å². The number of halogens is 1. The molecule has 3 heterocycles. The zero-order valence-corrected chi connectivity index (χ0v) is 17.0. The highest BCUT2D eigenvalue weighted by Crippen LogP contribution is 2.31. The van der Waals surface area contributed by atoms with E-state index in [0.717, 1.165) is 51.7 Å². The molecule has 4 rings (SSSR count). The Bertz CT molecular complexity index is 473. The van der Waals surface area contributed by atoms with Crippen LogP contribution in [0.25, 0.3) is 0 Å². The van der Waals surface area contributed by atoms with Gasteiger partial charge >= 0.3 is 0 Å². The third kappa shape index (κ3) is 4.65. The Morgan fingerprint density at radius 3 is 2.67 bits per heavy atom. The summed E-state index contributed by atoms with van der Waals surface area (Å²) >= 11 is 0. The molecule has 0 aromatic carbocycles. The minimum Gasteiger partial charge on any atom is -0.301 e. The Balaban J connectivity index is 1.28. The van der Waals surface area contributed by atoms with E-state index in [4.69, 9.17) is 4.84 Å². The molecule has 4 aliphatic rings. The molecule has 1 aliphatic carbocycles. The number of hydrogen-bond acceptors (Lipinski definition) is 6. The van der Waals surface area contributed by atoms with Crippen molar-refractivity contribution in [2.45, 2.75) is 82.1 Å². The van der Waals surface area contributed by atoms with Gasteiger partial charge in [-0.05, 0) is 59.2 Å². The van der Waals surface area contributed by atoms with E-state index >= 15 is 0 Å². The summed E-state index contributed by atoms with van der Waals surface area (Å²) in [5, 5.41) is 7.34. The minimum atomic E-state index is -0.610. The van der Waals surface area contributed by atoms with Crippen molar-refractivity contribution in [3.63, 3.8) is 0 Å². The average molecular weight is 384 g/mol. The summed E-state index contributed by atoms with van der Waals surface area (Å²) in [6.07, 6.45) is 8.83. The lowest BCUT2D eigenvalue weighted by Gasteiger charge is -2.36. The summed E-state index contributed by atoms with van der Waals surface area (Å²) in [6, 6.07) is 0.364. The molecule has 6 nitrogen and oxygen atoms in total. The molecule has 0 spiro atoms. The van der Waals surface area contributed by atoms with Crippen LogP contribution in [-0.4, -0.2) is 74.3 Å². The van der Waals surface area contributed by atoms with Crippen LogP contribution in [0.4, 0.5) is 4.39 Å². The van der Waals surface area contributed by atoms with Gasteiger partial charge in [-0.15, -0.1) is 0 Å². The molecule has 3 N–H and O–H groups in total. The van der Waals surface area contributed by atoms with Crippen molar-refractivity contribution >= 4 is 0 Å². The first-order valence-electron chi connectivity index (χ1n) is 11.1. The lowest BCUT2D eigenvalue weighted by atomic mass is 9.87. The zero-order valence-electron chi connectivity index (χ0n) is 17.0. The van der Waals surface area contributed by atoms with Crippen molar-refractivity contribution in [1.82, 2.24) is 25.9 Å². The Morgan fingerprint density at radius 2 is 1.93 bits per heavy atom. The minimum absolute atomic E-state index is 0.0192. The SMILES string of the molecule is CN(C)C1CCC(C2NOC(C3CCCN3CC3CCCCC3F)N2)CN1. The Hall–Kier alpha value is -0.310. The van der Waals surface area contributed by atoms with Gasteiger partial charge in [0.15, 0.2) is 0 Å². The van der Waals surface area contributed by atoms with Crippen LogP contribution in [0.5, 0.6) is 0 Å². The Morgan fingerprint density at radius 1 is 1.07 bits per heavy atom. The van der Waals surface area contributed by atoms with E-state index in [1.54, 1.807) is 0 Å². The summed E-state index contributed by atoms with van der Waals surface area (Å²) in [5.74, 6) is 0.754. The third-order valence-corrected chi connectivity index (χ3v) is 7.24. The molecular weight excluding hydrogens is 345 g/mol. The third-order valence-electron chi connectivity index (χ3n) is 7.24.